The van der Waals surface area contributed by atoms with E-state index in [4.69, 9.17) is 0 Å². The van der Waals surface area contributed by atoms with Crippen LogP contribution in [-0.4, -0.2) is 34.1 Å². The minimum absolute atomic E-state index is 0.0463. The van der Waals surface area contributed by atoms with Crippen LogP contribution in [0.15, 0.2) is 42.5 Å². The number of non-ortho nitro benzene ring substituents is 1. The van der Waals surface area contributed by atoms with E-state index in [9.17, 15) is 24.5 Å². The van der Waals surface area contributed by atoms with Crippen molar-refractivity contribution in [2.75, 3.05) is 6.54 Å². The molecule has 1 atom stereocenters. The van der Waals surface area contributed by atoms with Gasteiger partial charge in [-0.05, 0) is 36.5 Å². The second kappa shape index (κ2) is 6.88. The van der Waals surface area contributed by atoms with Crippen molar-refractivity contribution < 1.29 is 19.3 Å². The number of benzene rings is 2. The van der Waals surface area contributed by atoms with Crippen LogP contribution in [-0.2, 0) is 11.2 Å². The number of hydrogen-bond donors (Lipinski definition) is 1. The summed E-state index contributed by atoms with van der Waals surface area (Å²) in [5, 5.41) is 13.8. The van der Waals surface area contributed by atoms with E-state index in [2.05, 4.69) is 5.32 Å². The lowest BCUT2D eigenvalue weighted by atomic mass is 9.88. The average molecular weight is 379 g/mol. The Balaban J connectivity index is 1.49. The summed E-state index contributed by atoms with van der Waals surface area (Å²) in [5.41, 5.74) is 2.00. The molecule has 8 nitrogen and oxygen atoms in total. The molecule has 0 fully saturated rings. The van der Waals surface area contributed by atoms with Gasteiger partial charge in [-0.1, -0.05) is 24.3 Å². The van der Waals surface area contributed by atoms with Gasteiger partial charge < -0.3 is 5.32 Å². The van der Waals surface area contributed by atoms with Gasteiger partial charge in [0.15, 0.2) is 0 Å². The van der Waals surface area contributed by atoms with Gasteiger partial charge in [-0.15, -0.1) is 0 Å². The number of carbonyl (C=O) groups is 3. The SMILES string of the molecule is O=C(CN1C(=O)c2ccc([N+](=O)[O-])cc2C1=O)N[C@H]1CCCc2ccccc21. The Morgan fingerprint density at radius 2 is 1.89 bits per heavy atom. The molecule has 4 rings (SSSR count). The average Bonchev–Trinajstić information content (AvgIpc) is 2.92. The van der Waals surface area contributed by atoms with Crippen LogP contribution in [0.5, 0.6) is 0 Å². The highest BCUT2D eigenvalue weighted by atomic mass is 16.6. The number of aryl methyl sites for hydroxylation is 1. The fourth-order valence-corrected chi connectivity index (χ4v) is 3.82. The van der Waals surface area contributed by atoms with Crippen molar-refractivity contribution >= 4 is 23.4 Å². The molecule has 2 aromatic rings. The molecule has 0 saturated carbocycles. The molecule has 28 heavy (non-hydrogen) atoms. The summed E-state index contributed by atoms with van der Waals surface area (Å²) in [4.78, 5) is 48.6. The zero-order valence-corrected chi connectivity index (χ0v) is 14.9. The largest absolute Gasteiger partial charge is 0.348 e. The molecule has 2 aliphatic rings. The third kappa shape index (κ3) is 3.02. The molecule has 0 bridgehead atoms. The van der Waals surface area contributed by atoms with E-state index in [-0.39, 0.29) is 22.9 Å². The first-order chi connectivity index (χ1) is 13.5. The van der Waals surface area contributed by atoms with Gasteiger partial charge in [-0.25, -0.2) is 0 Å². The Bertz CT molecular complexity index is 1020. The van der Waals surface area contributed by atoms with E-state index in [1.165, 1.54) is 17.7 Å². The van der Waals surface area contributed by atoms with E-state index >= 15 is 0 Å². The molecule has 1 heterocycles. The molecule has 0 unspecified atom stereocenters. The number of fused-ring (bicyclic) bond motifs is 2. The van der Waals surface area contributed by atoms with Gasteiger partial charge >= 0.3 is 0 Å². The van der Waals surface area contributed by atoms with Crippen LogP contribution in [0.25, 0.3) is 0 Å². The molecule has 0 spiro atoms. The fraction of sp³-hybridized carbons (Fsp3) is 0.250. The Labute approximate surface area is 160 Å². The Hall–Kier alpha value is -3.55. The summed E-state index contributed by atoms with van der Waals surface area (Å²) in [6.07, 6.45) is 2.69. The van der Waals surface area contributed by atoms with Crippen molar-refractivity contribution in [3.63, 3.8) is 0 Å². The number of nitrogens with zero attached hydrogens (tertiary/aromatic N) is 2. The summed E-state index contributed by atoms with van der Waals surface area (Å²) in [6, 6.07) is 11.2. The number of nitrogens with one attached hydrogen (secondary N) is 1. The van der Waals surface area contributed by atoms with Crippen LogP contribution in [0.4, 0.5) is 5.69 Å². The van der Waals surface area contributed by atoms with Gasteiger partial charge in [0.25, 0.3) is 17.5 Å². The topological polar surface area (TPSA) is 110 Å². The maximum atomic E-state index is 12.5. The van der Waals surface area contributed by atoms with Gasteiger partial charge in [0.1, 0.15) is 6.54 Å². The van der Waals surface area contributed by atoms with Crippen LogP contribution in [0.3, 0.4) is 0 Å². The van der Waals surface area contributed by atoms with Crippen molar-refractivity contribution in [1.29, 1.82) is 0 Å². The molecule has 8 heteroatoms. The van der Waals surface area contributed by atoms with Crippen LogP contribution in [0.1, 0.15) is 50.7 Å². The maximum absolute atomic E-state index is 12.5. The second-order valence-corrected chi connectivity index (χ2v) is 6.89. The van der Waals surface area contributed by atoms with Crippen LogP contribution < -0.4 is 5.32 Å². The van der Waals surface area contributed by atoms with E-state index in [0.29, 0.717) is 0 Å². The van der Waals surface area contributed by atoms with Gasteiger partial charge in [0.05, 0.1) is 22.1 Å². The molecule has 1 aliphatic heterocycles. The minimum Gasteiger partial charge on any atom is -0.348 e. The van der Waals surface area contributed by atoms with Crippen LogP contribution in [0.2, 0.25) is 0 Å². The maximum Gasteiger partial charge on any atom is 0.270 e. The van der Waals surface area contributed by atoms with Gasteiger partial charge in [0, 0.05) is 12.1 Å². The molecule has 142 valence electrons. The van der Waals surface area contributed by atoms with Crippen molar-refractivity contribution in [3.05, 3.63) is 74.8 Å². The van der Waals surface area contributed by atoms with E-state index in [0.717, 1.165) is 35.8 Å². The highest BCUT2D eigenvalue weighted by Gasteiger charge is 2.38. The molecule has 0 saturated heterocycles. The first-order valence-corrected chi connectivity index (χ1v) is 8.97. The standard InChI is InChI=1S/C20H17N3O5/c24-18(21-17-7-3-5-12-4-1-2-6-14(12)17)11-22-19(25)15-9-8-13(23(27)28)10-16(15)20(22)26/h1-2,4,6,8-10,17H,3,5,7,11H2,(H,21,24)/t17-/m0/s1. The van der Waals surface area contributed by atoms with Crippen molar-refractivity contribution in [1.82, 2.24) is 10.2 Å². The van der Waals surface area contributed by atoms with Gasteiger partial charge in [-0.2, -0.15) is 0 Å². The number of hydrogen-bond acceptors (Lipinski definition) is 5. The van der Waals surface area contributed by atoms with E-state index in [1.54, 1.807) is 0 Å². The summed E-state index contributed by atoms with van der Waals surface area (Å²) in [6.45, 7) is -0.418. The third-order valence-electron chi connectivity index (χ3n) is 5.17. The highest BCUT2D eigenvalue weighted by molar-refractivity contribution is 6.22. The molecule has 0 aromatic heterocycles. The number of rotatable bonds is 4. The number of imide groups is 1. The number of nitro groups is 1. The zero-order chi connectivity index (χ0) is 19.8. The van der Waals surface area contributed by atoms with Crippen LogP contribution in [0, 0.1) is 10.1 Å². The zero-order valence-electron chi connectivity index (χ0n) is 14.9. The van der Waals surface area contributed by atoms with Gasteiger partial charge in [0.2, 0.25) is 5.91 Å². The quantitative estimate of drug-likeness (QED) is 0.498. The molecular weight excluding hydrogens is 362 g/mol. The lowest BCUT2D eigenvalue weighted by Gasteiger charge is -2.27. The van der Waals surface area contributed by atoms with Gasteiger partial charge in [-0.3, -0.25) is 29.4 Å². The Kier molecular flexibility index (Phi) is 4.38. The molecule has 3 amide bonds. The summed E-state index contributed by atoms with van der Waals surface area (Å²) >= 11 is 0. The predicted molar refractivity (Wildman–Crippen MR) is 98.7 cm³/mol. The number of carbonyl (C=O) groups excluding carboxylic acids is 3. The van der Waals surface area contributed by atoms with Crippen molar-refractivity contribution in [2.24, 2.45) is 0 Å². The summed E-state index contributed by atoms with van der Waals surface area (Å²) < 4.78 is 0. The monoisotopic (exact) mass is 379 g/mol. The number of amides is 3. The minimum atomic E-state index is -0.692. The number of nitro benzene ring substituents is 1. The second-order valence-electron chi connectivity index (χ2n) is 6.89. The lowest BCUT2D eigenvalue weighted by molar-refractivity contribution is -0.384. The fourth-order valence-electron chi connectivity index (χ4n) is 3.82. The van der Waals surface area contributed by atoms with Crippen molar-refractivity contribution in [2.45, 2.75) is 25.3 Å². The predicted octanol–water partition coefficient (Wildman–Crippen LogP) is 2.38. The summed E-state index contributed by atoms with van der Waals surface area (Å²) in [7, 11) is 0. The highest BCUT2D eigenvalue weighted by Crippen LogP contribution is 2.30. The third-order valence-corrected chi connectivity index (χ3v) is 5.17. The lowest BCUT2D eigenvalue weighted by Crippen LogP contribution is -2.42. The van der Waals surface area contributed by atoms with E-state index < -0.39 is 29.2 Å². The van der Waals surface area contributed by atoms with Crippen molar-refractivity contribution in [3.8, 4) is 0 Å². The molecule has 1 aliphatic carbocycles. The Morgan fingerprint density at radius 1 is 1.14 bits per heavy atom. The Morgan fingerprint density at radius 3 is 2.68 bits per heavy atom. The summed E-state index contributed by atoms with van der Waals surface area (Å²) in [5.74, 6) is -1.75. The smallest absolute Gasteiger partial charge is 0.270 e. The molecular formula is C20H17N3O5. The first kappa shape index (κ1) is 17.8. The first-order valence-electron chi connectivity index (χ1n) is 8.97. The van der Waals surface area contributed by atoms with Crippen LogP contribution >= 0.6 is 0 Å². The normalized spacial score (nSPS) is 17.9. The van der Waals surface area contributed by atoms with E-state index in [1.807, 2.05) is 24.3 Å². The molecule has 2 aromatic carbocycles. The molecule has 0 radical (unpaired) electrons. The molecule has 1 N–H and O–H groups in total.